The molecule has 0 unspecified atom stereocenters. The van der Waals surface area contributed by atoms with Crippen LogP contribution in [0.1, 0.15) is 30.1 Å². The molecule has 0 heterocycles. The number of benzene rings is 3. The summed E-state index contributed by atoms with van der Waals surface area (Å²) in [5, 5.41) is 27.0. The number of aromatic hydroxyl groups is 1. The lowest BCUT2D eigenvalue weighted by atomic mass is 10.2. The molecule has 0 atom stereocenters. The Labute approximate surface area is 204 Å². The third-order valence-electron chi connectivity index (χ3n) is 5.02. The van der Waals surface area contributed by atoms with Gasteiger partial charge in [-0.05, 0) is 61.0 Å². The quantitative estimate of drug-likeness (QED) is 0.189. The summed E-state index contributed by atoms with van der Waals surface area (Å²) < 4.78 is 10.6. The number of carbonyl (C=O) groups excluding carboxylic acids is 1. The van der Waals surface area contributed by atoms with Gasteiger partial charge in [-0.25, -0.2) is 4.79 Å². The van der Waals surface area contributed by atoms with Gasteiger partial charge in [0.25, 0.3) is 0 Å². The zero-order valence-electron chi connectivity index (χ0n) is 20.3. The second kappa shape index (κ2) is 12.3. The second-order valence-corrected chi connectivity index (χ2v) is 7.86. The summed E-state index contributed by atoms with van der Waals surface area (Å²) in [5.41, 5.74) is 3.30. The number of hydrogen-bond donors (Lipinski definition) is 1. The van der Waals surface area contributed by atoms with Crippen molar-refractivity contribution in [2.24, 2.45) is 20.5 Å². The normalized spacial score (nSPS) is 11.2. The Hall–Kier alpha value is -4.27. The van der Waals surface area contributed by atoms with Gasteiger partial charge >= 0.3 is 5.97 Å². The molecule has 182 valence electrons. The van der Waals surface area contributed by atoms with Gasteiger partial charge in [0.2, 0.25) is 0 Å². The van der Waals surface area contributed by atoms with Crippen molar-refractivity contribution >= 4 is 34.4 Å². The van der Waals surface area contributed by atoms with Crippen LogP contribution in [0.15, 0.2) is 81.1 Å². The lowest BCUT2D eigenvalue weighted by Gasteiger charge is -2.11. The Morgan fingerprint density at radius 3 is 2.20 bits per heavy atom. The number of methoxy groups -OCH3 is 1. The number of azo groups is 2. The third kappa shape index (κ3) is 7.10. The van der Waals surface area contributed by atoms with E-state index in [-0.39, 0.29) is 17.0 Å². The molecule has 0 aliphatic rings. The molecule has 0 bridgehead atoms. The summed E-state index contributed by atoms with van der Waals surface area (Å²) in [6.07, 6.45) is 1.72. The van der Waals surface area contributed by atoms with E-state index in [1.54, 1.807) is 18.2 Å². The highest BCUT2D eigenvalue weighted by atomic mass is 16.5. The number of phenolic OH excluding ortho intramolecular Hbond substituents is 1. The minimum absolute atomic E-state index is 0.170. The number of carbonyl (C=O) groups is 1. The zero-order valence-corrected chi connectivity index (χ0v) is 20.3. The first kappa shape index (κ1) is 25.4. The molecule has 3 rings (SSSR count). The van der Waals surface area contributed by atoms with Crippen molar-refractivity contribution in [2.45, 2.75) is 19.8 Å². The second-order valence-electron chi connectivity index (χ2n) is 7.86. The smallest absolute Gasteiger partial charge is 0.338 e. The highest BCUT2D eigenvalue weighted by Gasteiger charge is 2.11. The molecule has 35 heavy (non-hydrogen) atoms. The van der Waals surface area contributed by atoms with Crippen molar-refractivity contribution in [3.63, 3.8) is 0 Å². The Balaban J connectivity index is 1.71. The fourth-order valence-corrected chi connectivity index (χ4v) is 2.98. The summed E-state index contributed by atoms with van der Waals surface area (Å²) in [6, 6.07) is 17.2. The number of unbranched alkanes of at least 4 members (excludes halogenated alkanes) is 1. The molecule has 0 spiro atoms. The van der Waals surface area contributed by atoms with Gasteiger partial charge in [0, 0.05) is 25.8 Å². The van der Waals surface area contributed by atoms with Crippen LogP contribution in [0.2, 0.25) is 0 Å². The van der Waals surface area contributed by atoms with Crippen molar-refractivity contribution in [3.8, 4) is 11.5 Å². The maximum absolute atomic E-state index is 12.0. The van der Waals surface area contributed by atoms with Crippen LogP contribution in [-0.4, -0.2) is 38.9 Å². The molecule has 0 aromatic heterocycles. The zero-order chi connectivity index (χ0) is 25.2. The Kier molecular flexibility index (Phi) is 8.89. The van der Waals surface area contributed by atoms with Crippen LogP contribution in [0.5, 0.6) is 11.5 Å². The van der Waals surface area contributed by atoms with E-state index in [1.165, 1.54) is 25.3 Å². The molecule has 0 aliphatic heterocycles. The van der Waals surface area contributed by atoms with Crippen LogP contribution in [0.25, 0.3) is 0 Å². The molecule has 0 saturated heterocycles. The average molecular weight is 476 g/mol. The molecule has 0 amide bonds. The van der Waals surface area contributed by atoms with Gasteiger partial charge in [0.1, 0.15) is 22.9 Å². The predicted octanol–water partition coefficient (Wildman–Crippen LogP) is 7.25. The summed E-state index contributed by atoms with van der Waals surface area (Å²) in [6.45, 7) is 2.36. The van der Waals surface area contributed by atoms with Crippen LogP contribution >= 0.6 is 0 Å². The molecule has 9 heteroatoms. The molecular formula is C26H29N5O4. The van der Waals surface area contributed by atoms with E-state index < -0.39 is 5.97 Å². The predicted molar refractivity (Wildman–Crippen MR) is 135 cm³/mol. The van der Waals surface area contributed by atoms with Gasteiger partial charge in [-0.2, -0.15) is 10.2 Å². The standard InChI is InChI=1S/C26H29N5O4/c1-5-6-15-35-26(33)18-7-13-22(24(32)16-18)29-28-20-10-14-23(25(17-20)34-4)30-27-19-8-11-21(12-9-19)31(2)3/h7-14,16-17,32H,5-6,15H2,1-4H3/b29-28+,30-27+. The Bertz CT molecular complexity index is 1210. The van der Waals surface area contributed by atoms with Crippen LogP contribution in [0.4, 0.5) is 28.4 Å². The number of nitrogens with zero attached hydrogens (tertiary/aromatic N) is 5. The van der Waals surface area contributed by atoms with E-state index in [4.69, 9.17) is 9.47 Å². The monoisotopic (exact) mass is 475 g/mol. The highest BCUT2D eigenvalue weighted by molar-refractivity contribution is 5.90. The van der Waals surface area contributed by atoms with E-state index in [9.17, 15) is 9.90 Å². The molecule has 0 aliphatic carbocycles. The minimum Gasteiger partial charge on any atom is -0.506 e. The first-order valence-corrected chi connectivity index (χ1v) is 11.2. The molecule has 0 radical (unpaired) electrons. The van der Waals surface area contributed by atoms with E-state index in [0.717, 1.165) is 24.2 Å². The van der Waals surface area contributed by atoms with Gasteiger partial charge in [-0.15, -0.1) is 10.2 Å². The maximum Gasteiger partial charge on any atom is 0.338 e. The van der Waals surface area contributed by atoms with E-state index in [0.29, 0.717) is 23.7 Å². The van der Waals surface area contributed by atoms with Gasteiger partial charge in [0.15, 0.2) is 0 Å². The van der Waals surface area contributed by atoms with Crippen molar-refractivity contribution in [1.29, 1.82) is 0 Å². The molecule has 3 aromatic carbocycles. The van der Waals surface area contributed by atoms with Crippen LogP contribution in [0, 0.1) is 0 Å². The van der Waals surface area contributed by atoms with Crippen molar-refractivity contribution in [1.82, 2.24) is 0 Å². The third-order valence-corrected chi connectivity index (χ3v) is 5.02. The Morgan fingerprint density at radius 2 is 1.54 bits per heavy atom. The lowest BCUT2D eigenvalue weighted by Crippen LogP contribution is -2.07. The van der Waals surface area contributed by atoms with Gasteiger partial charge in [0.05, 0.1) is 30.7 Å². The SMILES string of the molecule is CCCCOC(=O)c1ccc(/N=N/c2ccc(/N=N/c3ccc(N(C)C)cc3)c(OC)c2)c(O)c1. The van der Waals surface area contributed by atoms with Gasteiger partial charge in [-0.3, -0.25) is 0 Å². The molecule has 3 aromatic rings. The summed E-state index contributed by atoms with van der Waals surface area (Å²) in [5.74, 6) is -0.179. The summed E-state index contributed by atoms with van der Waals surface area (Å²) in [7, 11) is 5.48. The van der Waals surface area contributed by atoms with Gasteiger partial charge in [-0.1, -0.05) is 13.3 Å². The molecule has 0 fully saturated rings. The molecule has 1 N–H and O–H groups in total. The number of esters is 1. The number of phenols is 1. The number of hydrogen-bond acceptors (Lipinski definition) is 9. The average Bonchev–Trinajstić information content (AvgIpc) is 2.87. The van der Waals surface area contributed by atoms with Gasteiger partial charge < -0.3 is 19.5 Å². The van der Waals surface area contributed by atoms with E-state index >= 15 is 0 Å². The fourth-order valence-electron chi connectivity index (χ4n) is 2.98. The van der Waals surface area contributed by atoms with Crippen LogP contribution in [0.3, 0.4) is 0 Å². The fraction of sp³-hybridized carbons (Fsp3) is 0.269. The molecule has 0 saturated carbocycles. The van der Waals surface area contributed by atoms with Crippen molar-refractivity contribution < 1.29 is 19.4 Å². The first-order valence-electron chi connectivity index (χ1n) is 11.2. The van der Waals surface area contributed by atoms with Crippen molar-refractivity contribution in [2.75, 3.05) is 32.7 Å². The number of ether oxygens (including phenoxy) is 2. The van der Waals surface area contributed by atoms with Crippen molar-refractivity contribution in [3.05, 3.63) is 66.2 Å². The summed E-state index contributed by atoms with van der Waals surface area (Å²) >= 11 is 0. The maximum atomic E-state index is 12.0. The van der Waals surface area contributed by atoms with Crippen LogP contribution in [-0.2, 0) is 4.74 Å². The Morgan fingerprint density at radius 1 is 0.886 bits per heavy atom. The minimum atomic E-state index is -0.486. The lowest BCUT2D eigenvalue weighted by molar-refractivity contribution is 0.0499. The van der Waals surface area contributed by atoms with E-state index in [2.05, 4.69) is 20.5 Å². The topological polar surface area (TPSA) is 108 Å². The number of anilines is 1. The first-order chi connectivity index (χ1) is 16.9. The highest BCUT2D eigenvalue weighted by Crippen LogP contribution is 2.35. The largest absolute Gasteiger partial charge is 0.506 e. The summed E-state index contributed by atoms with van der Waals surface area (Å²) in [4.78, 5) is 14.0. The van der Waals surface area contributed by atoms with E-state index in [1.807, 2.05) is 50.2 Å². The molecule has 9 nitrogen and oxygen atoms in total. The van der Waals surface area contributed by atoms with Crippen LogP contribution < -0.4 is 9.64 Å². The molecular weight excluding hydrogens is 446 g/mol. The number of rotatable bonds is 10.